The Morgan fingerprint density at radius 2 is 1.94 bits per heavy atom. The number of benzene rings is 2. The van der Waals surface area contributed by atoms with E-state index in [4.69, 9.17) is 18.6 Å². The molecule has 0 bridgehead atoms. The van der Waals surface area contributed by atoms with E-state index in [9.17, 15) is 9.18 Å². The van der Waals surface area contributed by atoms with Gasteiger partial charge in [-0.3, -0.25) is 10.1 Å². The minimum atomic E-state index is -0.501. The molecule has 0 fully saturated rings. The Morgan fingerprint density at radius 1 is 1.18 bits per heavy atom. The maximum atomic E-state index is 13.3. The number of nitrogens with one attached hydrogen (secondary N) is 1. The Bertz CT molecular complexity index is 1270. The van der Waals surface area contributed by atoms with Gasteiger partial charge in [0.15, 0.2) is 10.3 Å². The van der Waals surface area contributed by atoms with E-state index in [0.717, 1.165) is 23.1 Å². The summed E-state index contributed by atoms with van der Waals surface area (Å²) in [5.41, 5.74) is 0.946. The van der Waals surface area contributed by atoms with Gasteiger partial charge in [-0.25, -0.2) is 4.98 Å². The monoisotopic (exact) mass is 484 g/mol. The largest absolute Gasteiger partial charge is 0.488 e. The third-order valence-electron chi connectivity index (χ3n) is 4.49. The maximum Gasteiger partial charge on any atom is 0.261 e. The van der Waals surface area contributed by atoms with Crippen molar-refractivity contribution in [2.75, 3.05) is 19.0 Å². The lowest BCUT2D eigenvalue weighted by Gasteiger charge is -2.16. The van der Waals surface area contributed by atoms with Crippen molar-refractivity contribution in [2.24, 2.45) is 0 Å². The summed E-state index contributed by atoms with van der Waals surface area (Å²) in [6, 6.07) is 11.8. The van der Waals surface area contributed by atoms with Crippen LogP contribution in [-0.2, 0) is 4.74 Å². The molecule has 0 spiro atoms. The molecule has 1 atom stereocenters. The highest BCUT2D eigenvalue weighted by molar-refractivity contribution is 7.14. The van der Waals surface area contributed by atoms with Crippen LogP contribution in [0.3, 0.4) is 0 Å². The number of ether oxygens (including phenoxy) is 3. The molecular weight excluding hydrogens is 463 g/mol. The number of hydrogen-bond donors (Lipinski definition) is 1. The van der Waals surface area contributed by atoms with Crippen molar-refractivity contribution < 1.29 is 27.8 Å². The van der Waals surface area contributed by atoms with Crippen molar-refractivity contribution in [1.29, 1.82) is 0 Å². The quantitative estimate of drug-likeness (QED) is 0.350. The fourth-order valence-corrected chi connectivity index (χ4v) is 3.57. The van der Waals surface area contributed by atoms with Crippen LogP contribution < -0.4 is 14.8 Å². The van der Waals surface area contributed by atoms with Crippen LogP contribution in [0, 0.1) is 12.1 Å². The number of methoxy groups -OCH3 is 1. The van der Waals surface area contributed by atoms with Gasteiger partial charge in [-0.15, -0.1) is 10.2 Å². The Morgan fingerprint density at radius 3 is 2.59 bits per heavy atom. The molecule has 0 saturated carbocycles. The normalized spacial score (nSPS) is 11.8. The molecule has 0 saturated heterocycles. The molecule has 0 unspecified atom stereocenters. The number of aromatic nitrogens is 3. The molecule has 1 amide bonds. The minimum absolute atomic E-state index is 0.140. The average molecular weight is 485 g/mol. The van der Waals surface area contributed by atoms with E-state index in [2.05, 4.69) is 20.5 Å². The highest BCUT2D eigenvalue weighted by Crippen LogP contribution is 2.32. The molecule has 0 aliphatic rings. The lowest BCUT2D eigenvalue weighted by atomic mass is 10.1. The molecule has 2 aromatic carbocycles. The predicted molar refractivity (Wildman–Crippen MR) is 123 cm³/mol. The summed E-state index contributed by atoms with van der Waals surface area (Å²) in [6.45, 7) is 3.97. The Labute approximate surface area is 198 Å². The first-order valence-corrected chi connectivity index (χ1v) is 11.0. The van der Waals surface area contributed by atoms with E-state index in [-0.39, 0.29) is 22.5 Å². The number of rotatable bonds is 9. The Kier molecular flexibility index (Phi) is 7.14. The van der Waals surface area contributed by atoms with Crippen LogP contribution in [0.1, 0.15) is 23.2 Å². The smallest absolute Gasteiger partial charge is 0.261 e. The molecule has 11 heteroatoms. The molecule has 2 heterocycles. The zero-order valence-corrected chi connectivity index (χ0v) is 19.4. The van der Waals surface area contributed by atoms with Gasteiger partial charge in [0.1, 0.15) is 23.4 Å². The maximum absolute atomic E-state index is 13.3. The number of hydrogen-bond acceptors (Lipinski definition) is 9. The van der Waals surface area contributed by atoms with Gasteiger partial charge in [-0.05, 0) is 43.3 Å². The summed E-state index contributed by atoms with van der Waals surface area (Å²) in [6.07, 6.45) is 0.825. The lowest BCUT2D eigenvalue weighted by Crippen LogP contribution is -2.18. The fourth-order valence-electron chi connectivity index (χ4n) is 3.03. The van der Waals surface area contributed by atoms with Crippen molar-refractivity contribution in [1.82, 2.24) is 15.2 Å². The molecule has 9 nitrogen and oxygen atoms in total. The van der Waals surface area contributed by atoms with Crippen molar-refractivity contribution in [3.8, 4) is 28.7 Å². The van der Waals surface area contributed by atoms with Gasteiger partial charge < -0.3 is 18.6 Å². The van der Waals surface area contributed by atoms with E-state index < -0.39 is 11.0 Å². The van der Waals surface area contributed by atoms with Gasteiger partial charge in [0, 0.05) is 25.7 Å². The van der Waals surface area contributed by atoms with Crippen LogP contribution in [0.2, 0.25) is 0 Å². The molecule has 0 aliphatic heterocycles. The summed E-state index contributed by atoms with van der Waals surface area (Å²) in [7, 11) is 1.59. The van der Waals surface area contributed by atoms with Gasteiger partial charge in [-0.2, -0.15) is 4.39 Å². The van der Waals surface area contributed by atoms with E-state index in [1.165, 1.54) is 0 Å². The number of nitrogens with zero attached hydrogens (tertiary/aromatic N) is 3. The molecule has 34 heavy (non-hydrogen) atoms. The van der Waals surface area contributed by atoms with E-state index in [1.54, 1.807) is 56.5 Å². The van der Waals surface area contributed by atoms with Crippen molar-refractivity contribution in [2.45, 2.75) is 20.0 Å². The molecule has 4 aromatic rings. The van der Waals surface area contributed by atoms with Crippen LogP contribution in [0.5, 0.6) is 17.2 Å². The van der Waals surface area contributed by atoms with Gasteiger partial charge in [0.2, 0.25) is 11.8 Å². The SMILES string of the molecule is COC[C@H](C)Oc1ccc(C(=O)Nc2ncc(F)s2)c(Oc2ccc(-c3nnc(C)o3)cc2)c1. The molecular formula is C23H21FN4O5S. The first kappa shape index (κ1) is 23.3. The minimum Gasteiger partial charge on any atom is -0.488 e. The average Bonchev–Trinajstić information content (AvgIpc) is 3.42. The third kappa shape index (κ3) is 5.74. The second-order valence-electron chi connectivity index (χ2n) is 7.22. The number of thiazole rings is 1. The second kappa shape index (κ2) is 10.4. The fraction of sp³-hybridized carbons (Fsp3) is 0.217. The number of anilines is 1. The van der Waals surface area contributed by atoms with Crippen LogP contribution in [0.4, 0.5) is 9.52 Å². The van der Waals surface area contributed by atoms with Crippen molar-refractivity contribution in [3.63, 3.8) is 0 Å². The third-order valence-corrected chi connectivity index (χ3v) is 5.19. The van der Waals surface area contributed by atoms with Crippen molar-refractivity contribution >= 4 is 22.4 Å². The molecule has 4 rings (SSSR count). The Balaban J connectivity index is 1.59. The van der Waals surface area contributed by atoms with Crippen LogP contribution in [0.15, 0.2) is 53.1 Å². The number of carbonyl (C=O) groups excluding carboxylic acids is 1. The van der Waals surface area contributed by atoms with E-state index >= 15 is 0 Å². The van der Waals surface area contributed by atoms with Crippen LogP contribution >= 0.6 is 11.3 Å². The number of halogens is 1. The first-order chi connectivity index (χ1) is 16.4. The molecule has 0 aliphatic carbocycles. The topological polar surface area (TPSA) is 109 Å². The molecule has 176 valence electrons. The summed E-state index contributed by atoms with van der Waals surface area (Å²) in [5.74, 6) is 1.57. The molecule has 1 N–H and O–H groups in total. The molecule has 2 aromatic heterocycles. The summed E-state index contributed by atoms with van der Waals surface area (Å²) >= 11 is 0.730. The number of aryl methyl sites for hydroxylation is 1. The van der Waals surface area contributed by atoms with Gasteiger partial charge in [-0.1, -0.05) is 11.3 Å². The van der Waals surface area contributed by atoms with Gasteiger partial charge in [0.25, 0.3) is 5.91 Å². The highest BCUT2D eigenvalue weighted by Gasteiger charge is 2.18. The summed E-state index contributed by atoms with van der Waals surface area (Å²) in [4.78, 5) is 16.7. The second-order valence-corrected chi connectivity index (χ2v) is 8.20. The standard InChI is InChI=1S/C23H21FN4O5S/c1-13(12-30-3)31-17-8-9-18(21(29)26-23-25-11-20(24)34-23)19(10-17)33-16-6-4-15(5-7-16)22-28-27-14(2)32-22/h4-11,13H,12H2,1-3H3,(H,25,26,29)/t13-/m0/s1. The highest BCUT2D eigenvalue weighted by atomic mass is 32.1. The predicted octanol–water partition coefficient (Wildman–Crippen LogP) is 5.10. The zero-order chi connectivity index (χ0) is 24.1. The number of carbonyl (C=O) groups is 1. The van der Waals surface area contributed by atoms with Crippen molar-refractivity contribution in [3.05, 3.63) is 65.2 Å². The summed E-state index contributed by atoms with van der Waals surface area (Å²) in [5, 5.41) is 10.0. The first-order valence-electron chi connectivity index (χ1n) is 10.2. The van der Waals surface area contributed by atoms with Gasteiger partial charge in [0.05, 0.1) is 18.4 Å². The van der Waals surface area contributed by atoms with Gasteiger partial charge >= 0.3 is 0 Å². The van der Waals surface area contributed by atoms with Crippen LogP contribution in [0.25, 0.3) is 11.5 Å². The Hall–Kier alpha value is -3.83. The molecule has 0 radical (unpaired) electrons. The lowest BCUT2D eigenvalue weighted by molar-refractivity contribution is 0.0919. The zero-order valence-electron chi connectivity index (χ0n) is 18.6. The van der Waals surface area contributed by atoms with E-state index in [1.807, 2.05) is 6.92 Å². The summed E-state index contributed by atoms with van der Waals surface area (Å²) < 4.78 is 35.7. The number of amides is 1. The van der Waals surface area contributed by atoms with E-state index in [0.29, 0.717) is 29.9 Å². The van der Waals surface area contributed by atoms with Crippen LogP contribution in [-0.4, -0.2) is 40.9 Å².